The third-order valence-electron chi connectivity index (χ3n) is 3.86. The van der Waals surface area contributed by atoms with Gasteiger partial charge in [-0.05, 0) is 37.5 Å². The second-order valence-corrected chi connectivity index (χ2v) is 6.51. The first kappa shape index (κ1) is 19.2. The molecule has 0 aliphatic carbocycles. The molecule has 0 unspecified atom stereocenters. The highest BCUT2D eigenvalue weighted by atomic mass is 35.5. The van der Waals surface area contributed by atoms with E-state index in [4.69, 9.17) is 11.6 Å². The van der Waals surface area contributed by atoms with E-state index in [0.717, 1.165) is 36.4 Å². The molecule has 0 spiro atoms. The van der Waals surface area contributed by atoms with Gasteiger partial charge in [-0.1, -0.05) is 37.1 Å². The SMILES string of the molecule is CCCCN(C)C(=O)c1cc(NCCc2cccc(Cl)c2)nc(C)n1. The maximum Gasteiger partial charge on any atom is 0.272 e. The maximum absolute atomic E-state index is 12.5. The minimum atomic E-state index is -0.0724. The van der Waals surface area contributed by atoms with Crippen molar-refractivity contribution in [3.8, 4) is 0 Å². The van der Waals surface area contributed by atoms with Crippen LogP contribution < -0.4 is 5.32 Å². The molecule has 1 N–H and O–H groups in total. The van der Waals surface area contributed by atoms with Crippen LogP contribution in [-0.2, 0) is 6.42 Å². The zero-order valence-corrected chi connectivity index (χ0v) is 15.8. The van der Waals surface area contributed by atoms with Crippen molar-refractivity contribution in [2.75, 3.05) is 25.5 Å². The van der Waals surface area contributed by atoms with E-state index in [1.807, 2.05) is 31.3 Å². The Kier molecular flexibility index (Phi) is 7.19. The number of nitrogens with zero attached hydrogens (tertiary/aromatic N) is 3. The van der Waals surface area contributed by atoms with E-state index in [0.29, 0.717) is 23.9 Å². The van der Waals surface area contributed by atoms with E-state index >= 15 is 0 Å². The Morgan fingerprint density at radius 1 is 1.28 bits per heavy atom. The summed E-state index contributed by atoms with van der Waals surface area (Å²) < 4.78 is 0. The molecule has 5 nitrogen and oxygen atoms in total. The van der Waals surface area contributed by atoms with Crippen molar-refractivity contribution in [3.63, 3.8) is 0 Å². The molecule has 0 atom stereocenters. The van der Waals surface area contributed by atoms with Gasteiger partial charge in [0, 0.05) is 31.2 Å². The van der Waals surface area contributed by atoms with Gasteiger partial charge >= 0.3 is 0 Å². The highest BCUT2D eigenvalue weighted by Crippen LogP contribution is 2.12. The molecule has 0 bridgehead atoms. The number of aromatic nitrogens is 2. The van der Waals surface area contributed by atoms with Crippen molar-refractivity contribution >= 4 is 23.3 Å². The lowest BCUT2D eigenvalue weighted by atomic mass is 10.1. The molecule has 0 fully saturated rings. The largest absolute Gasteiger partial charge is 0.370 e. The third-order valence-corrected chi connectivity index (χ3v) is 4.09. The average Bonchev–Trinajstić information content (AvgIpc) is 2.58. The molecule has 25 heavy (non-hydrogen) atoms. The van der Waals surface area contributed by atoms with E-state index in [1.54, 1.807) is 17.9 Å². The Labute approximate surface area is 154 Å². The molecule has 134 valence electrons. The highest BCUT2D eigenvalue weighted by molar-refractivity contribution is 6.30. The summed E-state index contributed by atoms with van der Waals surface area (Å²) >= 11 is 6.00. The van der Waals surface area contributed by atoms with E-state index in [9.17, 15) is 4.79 Å². The summed E-state index contributed by atoms with van der Waals surface area (Å²) in [4.78, 5) is 22.8. The smallest absolute Gasteiger partial charge is 0.272 e. The number of carbonyl (C=O) groups excluding carboxylic acids is 1. The monoisotopic (exact) mass is 360 g/mol. The fourth-order valence-corrected chi connectivity index (χ4v) is 2.70. The van der Waals surface area contributed by atoms with Crippen LogP contribution in [0.5, 0.6) is 0 Å². The number of benzene rings is 1. The van der Waals surface area contributed by atoms with E-state index in [-0.39, 0.29) is 5.91 Å². The van der Waals surface area contributed by atoms with Gasteiger partial charge in [0.05, 0.1) is 0 Å². The highest BCUT2D eigenvalue weighted by Gasteiger charge is 2.14. The second kappa shape index (κ2) is 9.37. The molecule has 1 amide bonds. The normalized spacial score (nSPS) is 10.6. The Hall–Kier alpha value is -2.14. The lowest BCUT2D eigenvalue weighted by Gasteiger charge is -2.17. The topological polar surface area (TPSA) is 58.1 Å². The van der Waals surface area contributed by atoms with Crippen LogP contribution in [-0.4, -0.2) is 40.9 Å². The lowest BCUT2D eigenvalue weighted by molar-refractivity contribution is 0.0787. The minimum absolute atomic E-state index is 0.0724. The molecule has 0 aliphatic rings. The molecule has 1 aromatic heterocycles. The number of aryl methyl sites for hydroxylation is 1. The van der Waals surface area contributed by atoms with E-state index < -0.39 is 0 Å². The predicted molar refractivity (Wildman–Crippen MR) is 102 cm³/mol. The number of amides is 1. The van der Waals surface area contributed by atoms with Gasteiger partial charge in [-0.2, -0.15) is 0 Å². The van der Waals surface area contributed by atoms with Gasteiger partial charge in [-0.25, -0.2) is 9.97 Å². The number of carbonyl (C=O) groups is 1. The van der Waals surface area contributed by atoms with Gasteiger partial charge in [0.1, 0.15) is 17.3 Å². The summed E-state index contributed by atoms with van der Waals surface area (Å²) in [6.07, 6.45) is 2.86. The maximum atomic E-state index is 12.5. The van der Waals surface area contributed by atoms with Crippen molar-refractivity contribution in [1.82, 2.24) is 14.9 Å². The van der Waals surface area contributed by atoms with Crippen LogP contribution in [0.4, 0.5) is 5.82 Å². The molecule has 6 heteroatoms. The van der Waals surface area contributed by atoms with Gasteiger partial charge in [-0.3, -0.25) is 4.79 Å². The van der Waals surface area contributed by atoms with Crippen LogP contribution in [0.25, 0.3) is 0 Å². The Balaban J connectivity index is 1.99. The van der Waals surface area contributed by atoms with E-state index in [1.165, 1.54) is 0 Å². The molecular formula is C19H25ClN4O. The first-order valence-corrected chi connectivity index (χ1v) is 8.97. The molecule has 0 saturated carbocycles. The van der Waals surface area contributed by atoms with Gasteiger partial charge in [0.2, 0.25) is 0 Å². The fraction of sp³-hybridized carbons (Fsp3) is 0.421. The average molecular weight is 361 g/mol. The summed E-state index contributed by atoms with van der Waals surface area (Å²) in [5.74, 6) is 1.18. The number of rotatable bonds is 8. The van der Waals surface area contributed by atoms with Crippen molar-refractivity contribution in [2.45, 2.75) is 33.1 Å². The first-order valence-electron chi connectivity index (χ1n) is 8.59. The van der Waals surface area contributed by atoms with Crippen molar-refractivity contribution in [2.24, 2.45) is 0 Å². The molecule has 0 radical (unpaired) electrons. The van der Waals surface area contributed by atoms with Gasteiger partial charge in [0.15, 0.2) is 0 Å². The quantitative estimate of drug-likeness (QED) is 0.774. The second-order valence-electron chi connectivity index (χ2n) is 6.07. The summed E-state index contributed by atoms with van der Waals surface area (Å²) in [6, 6.07) is 9.51. The molecule has 2 aromatic rings. The lowest BCUT2D eigenvalue weighted by Crippen LogP contribution is -2.29. The van der Waals surface area contributed by atoms with Crippen molar-refractivity contribution in [3.05, 3.63) is 52.4 Å². The Morgan fingerprint density at radius 3 is 2.80 bits per heavy atom. The predicted octanol–water partition coefficient (Wildman–Crippen LogP) is 3.97. The van der Waals surface area contributed by atoms with Crippen LogP contribution in [0.3, 0.4) is 0 Å². The van der Waals surface area contributed by atoms with Crippen LogP contribution in [0.15, 0.2) is 30.3 Å². The number of nitrogens with one attached hydrogen (secondary N) is 1. The zero-order chi connectivity index (χ0) is 18.2. The minimum Gasteiger partial charge on any atom is -0.370 e. The van der Waals surface area contributed by atoms with Crippen LogP contribution in [0.1, 0.15) is 41.6 Å². The molecular weight excluding hydrogens is 336 g/mol. The fourth-order valence-electron chi connectivity index (χ4n) is 2.49. The van der Waals surface area contributed by atoms with Crippen LogP contribution >= 0.6 is 11.6 Å². The third kappa shape index (κ3) is 6.02. The van der Waals surface area contributed by atoms with Gasteiger partial charge in [-0.15, -0.1) is 0 Å². The Morgan fingerprint density at radius 2 is 2.08 bits per heavy atom. The summed E-state index contributed by atoms with van der Waals surface area (Å²) in [7, 11) is 1.81. The summed E-state index contributed by atoms with van der Waals surface area (Å²) in [5.41, 5.74) is 1.58. The number of halogens is 1. The number of hydrogen-bond donors (Lipinski definition) is 1. The van der Waals surface area contributed by atoms with Crippen molar-refractivity contribution < 1.29 is 4.79 Å². The van der Waals surface area contributed by atoms with Gasteiger partial charge < -0.3 is 10.2 Å². The Bertz CT molecular complexity index is 720. The molecule has 2 rings (SSSR count). The standard InChI is InChI=1S/C19H25ClN4O/c1-4-5-11-24(3)19(25)17-13-18(23-14(2)22-17)21-10-9-15-7-6-8-16(20)12-15/h6-8,12-13H,4-5,9-11H2,1-3H3,(H,21,22,23). The molecule has 1 aromatic carbocycles. The number of hydrogen-bond acceptors (Lipinski definition) is 4. The van der Waals surface area contributed by atoms with E-state index in [2.05, 4.69) is 22.2 Å². The van der Waals surface area contributed by atoms with Crippen LogP contribution in [0.2, 0.25) is 5.02 Å². The zero-order valence-electron chi connectivity index (χ0n) is 15.1. The summed E-state index contributed by atoms with van der Waals surface area (Å²) in [5, 5.41) is 4.00. The first-order chi connectivity index (χ1) is 12.0. The molecule has 0 aliphatic heterocycles. The summed E-state index contributed by atoms with van der Waals surface area (Å²) in [6.45, 7) is 5.34. The molecule has 0 saturated heterocycles. The van der Waals surface area contributed by atoms with Gasteiger partial charge in [0.25, 0.3) is 5.91 Å². The van der Waals surface area contributed by atoms with Crippen LogP contribution in [0, 0.1) is 6.92 Å². The molecule has 1 heterocycles. The van der Waals surface area contributed by atoms with Crippen molar-refractivity contribution in [1.29, 1.82) is 0 Å². The number of unbranched alkanes of at least 4 members (excludes halogenated alkanes) is 1. The number of anilines is 1.